The molecule has 2 aromatic carbocycles. The van der Waals surface area contributed by atoms with Crippen LogP contribution in [0, 0.1) is 0 Å². The molecule has 0 saturated carbocycles. The van der Waals surface area contributed by atoms with Gasteiger partial charge in [0.25, 0.3) is 0 Å². The van der Waals surface area contributed by atoms with Gasteiger partial charge in [0.2, 0.25) is 0 Å². The molecule has 0 N–H and O–H groups in total. The lowest BCUT2D eigenvalue weighted by Crippen LogP contribution is -2.13. The second-order valence-corrected chi connectivity index (χ2v) is 5.59. The van der Waals surface area contributed by atoms with E-state index in [9.17, 15) is 4.79 Å². The number of fused-ring (bicyclic) bond motifs is 2. The average Bonchev–Trinajstić information content (AvgIpc) is 2.55. The number of unbranched alkanes of at least 4 members (excludes halogenated alkanes) is 1. The molecular weight excluding hydrogens is 272 g/mol. The first-order chi connectivity index (χ1) is 10.8. The van der Waals surface area contributed by atoms with Crippen LogP contribution >= 0.6 is 0 Å². The molecule has 0 spiro atoms. The van der Waals surface area contributed by atoms with Crippen molar-refractivity contribution in [3.8, 4) is 11.5 Å². The normalized spacial score (nSPS) is 13.5. The summed E-state index contributed by atoms with van der Waals surface area (Å²) in [5, 5.41) is 0. The molecule has 0 fully saturated rings. The van der Waals surface area contributed by atoms with Crippen molar-refractivity contribution >= 4 is 5.78 Å². The standard InChI is InChI=1S/C20H20O2/c1-2-3-4-9-15(21)14-18-16-10-5-7-12-19(16)22-20-13-8-6-11-17(18)20/h4-13,18H,2-3,14H2,1H3. The van der Waals surface area contributed by atoms with E-state index in [2.05, 4.69) is 19.1 Å². The number of allylic oxidation sites excluding steroid dienone is 2. The van der Waals surface area contributed by atoms with Crippen molar-refractivity contribution in [1.82, 2.24) is 0 Å². The summed E-state index contributed by atoms with van der Waals surface area (Å²) >= 11 is 0. The van der Waals surface area contributed by atoms with Crippen LogP contribution in [0.1, 0.15) is 43.2 Å². The van der Waals surface area contributed by atoms with Crippen LogP contribution in [-0.2, 0) is 4.79 Å². The number of carbonyl (C=O) groups is 1. The second kappa shape index (κ2) is 6.61. The van der Waals surface area contributed by atoms with Gasteiger partial charge in [-0.3, -0.25) is 4.79 Å². The first-order valence-corrected chi connectivity index (χ1v) is 7.84. The Labute approximate surface area is 131 Å². The van der Waals surface area contributed by atoms with Crippen LogP contribution in [0.15, 0.2) is 60.7 Å². The van der Waals surface area contributed by atoms with E-state index in [0.29, 0.717) is 6.42 Å². The highest BCUT2D eigenvalue weighted by atomic mass is 16.5. The lowest BCUT2D eigenvalue weighted by Gasteiger charge is -2.27. The molecular formula is C20H20O2. The van der Waals surface area contributed by atoms with Crippen molar-refractivity contribution in [3.63, 3.8) is 0 Å². The highest BCUT2D eigenvalue weighted by Gasteiger charge is 2.27. The van der Waals surface area contributed by atoms with Crippen molar-refractivity contribution in [2.45, 2.75) is 32.1 Å². The van der Waals surface area contributed by atoms with Crippen LogP contribution < -0.4 is 4.74 Å². The molecule has 0 saturated heterocycles. The van der Waals surface area contributed by atoms with Crippen LogP contribution in [-0.4, -0.2) is 5.78 Å². The minimum absolute atomic E-state index is 0.0694. The summed E-state index contributed by atoms with van der Waals surface area (Å²) in [5.41, 5.74) is 2.19. The van der Waals surface area contributed by atoms with Crippen molar-refractivity contribution in [3.05, 3.63) is 71.8 Å². The van der Waals surface area contributed by atoms with Crippen LogP contribution in [0.2, 0.25) is 0 Å². The Morgan fingerprint density at radius 1 is 1.05 bits per heavy atom. The van der Waals surface area contributed by atoms with Gasteiger partial charge < -0.3 is 4.74 Å². The molecule has 22 heavy (non-hydrogen) atoms. The number of carbonyl (C=O) groups excluding carboxylic acids is 1. The zero-order valence-corrected chi connectivity index (χ0v) is 12.8. The van der Waals surface area contributed by atoms with Crippen LogP contribution in [0.25, 0.3) is 0 Å². The van der Waals surface area contributed by atoms with Gasteiger partial charge in [0, 0.05) is 23.5 Å². The van der Waals surface area contributed by atoms with Gasteiger partial charge in [0.1, 0.15) is 11.5 Å². The minimum atomic E-state index is 0.0694. The summed E-state index contributed by atoms with van der Waals surface area (Å²) < 4.78 is 5.96. The van der Waals surface area contributed by atoms with Gasteiger partial charge in [-0.1, -0.05) is 55.8 Å². The summed E-state index contributed by atoms with van der Waals surface area (Å²) in [6.45, 7) is 2.11. The number of ether oxygens (including phenoxy) is 1. The zero-order chi connectivity index (χ0) is 15.4. The fourth-order valence-corrected chi connectivity index (χ4v) is 2.88. The quantitative estimate of drug-likeness (QED) is 0.704. The molecule has 1 aliphatic rings. The monoisotopic (exact) mass is 292 g/mol. The van der Waals surface area contributed by atoms with Crippen LogP contribution in [0.5, 0.6) is 11.5 Å². The Morgan fingerprint density at radius 2 is 1.64 bits per heavy atom. The Balaban J connectivity index is 1.91. The number of para-hydroxylation sites is 2. The molecule has 2 nitrogen and oxygen atoms in total. The van der Waals surface area contributed by atoms with E-state index in [4.69, 9.17) is 4.74 Å². The van der Waals surface area contributed by atoms with Gasteiger partial charge in [-0.05, 0) is 24.6 Å². The number of ketones is 1. The first-order valence-electron chi connectivity index (χ1n) is 7.84. The first kappa shape index (κ1) is 14.6. The summed E-state index contributed by atoms with van der Waals surface area (Å²) in [5.74, 6) is 1.96. The van der Waals surface area contributed by atoms with E-state index in [1.807, 2.05) is 42.5 Å². The van der Waals surface area contributed by atoms with E-state index in [0.717, 1.165) is 35.5 Å². The molecule has 0 bridgehead atoms. The third-order valence-electron chi connectivity index (χ3n) is 3.97. The van der Waals surface area contributed by atoms with E-state index in [1.165, 1.54) is 0 Å². The Hall–Kier alpha value is -2.35. The van der Waals surface area contributed by atoms with Crippen molar-refractivity contribution in [1.29, 1.82) is 0 Å². The molecule has 0 aromatic heterocycles. The lowest BCUT2D eigenvalue weighted by atomic mass is 9.84. The van der Waals surface area contributed by atoms with Gasteiger partial charge in [0.05, 0.1) is 0 Å². The maximum absolute atomic E-state index is 12.3. The zero-order valence-electron chi connectivity index (χ0n) is 12.8. The van der Waals surface area contributed by atoms with E-state index in [-0.39, 0.29) is 11.7 Å². The Bertz CT molecular complexity index is 655. The molecule has 1 heterocycles. The SMILES string of the molecule is CCCC=CC(=O)CC1c2ccccc2Oc2ccccc21. The fourth-order valence-electron chi connectivity index (χ4n) is 2.88. The van der Waals surface area contributed by atoms with E-state index in [1.54, 1.807) is 6.08 Å². The summed E-state index contributed by atoms with van der Waals surface area (Å²) in [7, 11) is 0. The van der Waals surface area contributed by atoms with Crippen molar-refractivity contribution < 1.29 is 9.53 Å². The van der Waals surface area contributed by atoms with E-state index < -0.39 is 0 Å². The molecule has 3 rings (SSSR count). The predicted octanol–water partition coefficient (Wildman–Crippen LogP) is 5.24. The van der Waals surface area contributed by atoms with Gasteiger partial charge in [-0.25, -0.2) is 0 Å². The predicted molar refractivity (Wildman–Crippen MR) is 88.5 cm³/mol. The summed E-state index contributed by atoms with van der Waals surface area (Å²) in [4.78, 5) is 12.3. The summed E-state index contributed by atoms with van der Waals surface area (Å²) in [6.07, 6.45) is 6.20. The summed E-state index contributed by atoms with van der Waals surface area (Å²) in [6, 6.07) is 16.0. The number of benzene rings is 2. The van der Waals surface area contributed by atoms with Crippen molar-refractivity contribution in [2.24, 2.45) is 0 Å². The van der Waals surface area contributed by atoms with Crippen LogP contribution in [0.3, 0.4) is 0 Å². The number of rotatable bonds is 5. The van der Waals surface area contributed by atoms with Crippen LogP contribution in [0.4, 0.5) is 0 Å². The Morgan fingerprint density at radius 3 is 2.23 bits per heavy atom. The van der Waals surface area contributed by atoms with Gasteiger partial charge >= 0.3 is 0 Å². The molecule has 1 aliphatic heterocycles. The highest BCUT2D eigenvalue weighted by molar-refractivity contribution is 5.90. The van der Waals surface area contributed by atoms with Gasteiger partial charge in [-0.2, -0.15) is 0 Å². The third kappa shape index (κ3) is 2.96. The molecule has 0 radical (unpaired) electrons. The average molecular weight is 292 g/mol. The fraction of sp³-hybridized carbons (Fsp3) is 0.250. The Kier molecular flexibility index (Phi) is 4.38. The molecule has 0 unspecified atom stereocenters. The maximum atomic E-state index is 12.3. The molecule has 112 valence electrons. The smallest absolute Gasteiger partial charge is 0.156 e. The molecule has 0 aliphatic carbocycles. The number of hydrogen-bond acceptors (Lipinski definition) is 2. The third-order valence-corrected chi connectivity index (χ3v) is 3.97. The largest absolute Gasteiger partial charge is 0.457 e. The topological polar surface area (TPSA) is 26.3 Å². The van der Waals surface area contributed by atoms with E-state index >= 15 is 0 Å². The maximum Gasteiger partial charge on any atom is 0.156 e. The van der Waals surface area contributed by atoms with Gasteiger partial charge in [0.15, 0.2) is 5.78 Å². The van der Waals surface area contributed by atoms with Gasteiger partial charge in [-0.15, -0.1) is 0 Å². The molecule has 2 heteroatoms. The molecule has 0 amide bonds. The molecule has 0 atom stereocenters. The molecule has 2 aromatic rings. The second-order valence-electron chi connectivity index (χ2n) is 5.59. The lowest BCUT2D eigenvalue weighted by molar-refractivity contribution is -0.114. The minimum Gasteiger partial charge on any atom is -0.457 e. The van der Waals surface area contributed by atoms with Crippen molar-refractivity contribution in [2.75, 3.05) is 0 Å². The highest BCUT2D eigenvalue weighted by Crippen LogP contribution is 2.45. The number of hydrogen-bond donors (Lipinski definition) is 0.